The first-order valence-electron chi connectivity index (χ1n) is 5.89. The topological polar surface area (TPSA) is 95.9 Å². The number of benzene rings is 1. The van der Waals surface area contributed by atoms with E-state index in [9.17, 15) is 0 Å². The van der Waals surface area contributed by atoms with Crippen LogP contribution in [0.2, 0.25) is 5.02 Å². The normalized spacial score (nSPS) is 18.4. The van der Waals surface area contributed by atoms with Gasteiger partial charge in [0.25, 0.3) is 0 Å². The van der Waals surface area contributed by atoms with Gasteiger partial charge in [-0.15, -0.1) is 15.0 Å². The summed E-state index contributed by atoms with van der Waals surface area (Å²) in [4.78, 5) is 1.34. The second-order valence-electron chi connectivity index (χ2n) is 4.23. The molecule has 0 spiro atoms. The second kappa shape index (κ2) is 4.93. The molecule has 1 heterocycles. The molecule has 0 atom stereocenters. The maximum Gasteiger partial charge on any atom is 0.140 e. The van der Waals surface area contributed by atoms with Crippen LogP contribution in [0.25, 0.3) is 5.69 Å². The van der Waals surface area contributed by atoms with Gasteiger partial charge in [0.2, 0.25) is 0 Å². The third-order valence-corrected chi connectivity index (χ3v) is 3.39. The molecule has 1 aromatic carbocycles. The van der Waals surface area contributed by atoms with Crippen LogP contribution >= 0.6 is 11.6 Å². The van der Waals surface area contributed by atoms with E-state index in [0.717, 1.165) is 0 Å². The molecule has 20 heavy (non-hydrogen) atoms. The summed E-state index contributed by atoms with van der Waals surface area (Å²) in [7, 11) is 0. The Kier molecular flexibility index (Phi) is 3.11. The zero-order chi connectivity index (χ0) is 14.1. The Morgan fingerprint density at radius 1 is 1.00 bits per heavy atom. The maximum absolute atomic E-state index is 9.01. The first kappa shape index (κ1) is 12.6. The molecule has 1 aromatic heterocycles. The van der Waals surface area contributed by atoms with Crippen molar-refractivity contribution in [1.29, 1.82) is 0 Å². The quantitative estimate of drug-likeness (QED) is 0.621. The molecule has 0 radical (unpaired) electrons. The Morgan fingerprint density at radius 2 is 1.55 bits per heavy atom. The number of hydrogen-bond donors (Lipinski definition) is 2. The number of para-hydroxylation sites is 1. The van der Waals surface area contributed by atoms with Gasteiger partial charge in [0.05, 0.1) is 5.02 Å². The van der Waals surface area contributed by atoms with Gasteiger partial charge in [-0.1, -0.05) is 34.0 Å². The van der Waals surface area contributed by atoms with Gasteiger partial charge in [-0.3, -0.25) is 0 Å². The van der Waals surface area contributed by atoms with Gasteiger partial charge < -0.3 is 10.4 Å². The molecule has 0 bridgehead atoms. The Bertz CT molecular complexity index is 685. The molecule has 1 aliphatic rings. The fourth-order valence-electron chi connectivity index (χ4n) is 2.09. The minimum Gasteiger partial charge on any atom is -0.411 e. The van der Waals surface area contributed by atoms with Gasteiger partial charge in [0, 0.05) is 12.8 Å². The lowest BCUT2D eigenvalue weighted by Crippen LogP contribution is -2.18. The summed E-state index contributed by atoms with van der Waals surface area (Å²) in [5.41, 5.74) is 2.20. The summed E-state index contributed by atoms with van der Waals surface area (Å²) in [6, 6.07) is 7.10. The van der Waals surface area contributed by atoms with Crippen LogP contribution < -0.4 is 0 Å². The number of oxime groups is 2. The van der Waals surface area contributed by atoms with E-state index < -0.39 is 0 Å². The predicted molar refractivity (Wildman–Crippen MR) is 72.3 cm³/mol. The first-order chi connectivity index (χ1) is 9.74. The van der Waals surface area contributed by atoms with E-state index >= 15 is 0 Å². The Balaban J connectivity index is 2.18. The fourth-order valence-corrected chi connectivity index (χ4v) is 2.30. The Labute approximate surface area is 118 Å². The fraction of sp³-hybridized carbons (Fsp3) is 0.167. The van der Waals surface area contributed by atoms with Crippen molar-refractivity contribution in [2.75, 3.05) is 0 Å². The summed E-state index contributed by atoms with van der Waals surface area (Å²) < 4.78 is 0. The van der Waals surface area contributed by atoms with Crippen LogP contribution in [0.15, 0.2) is 34.6 Å². The van der Waals surface area contributed by atoms with Crippen LogP contribution in [0.5, 0.6) is 0 Å². The summed E-state index contributed by atoms with van der Waals surface area (Å²) in [5.74, 6) is 0. The van der Waals surface area contributed by atoms with Crippen LogP contribution in [0.4, 0.5) is 0 Å². The molecule has 0 saturated heterocycles. The highest BCUT2D eigenvalue weighted by molar-refractivity contribution is 6.32. The van der Waals surface area contributed by atoms with E-state index in [4.69, 9.17) is 22.0 Å². The molecule has 2 N–H and O–H groups in total. The van der Waals surface area contributed by atoms with E-state index in [1.54, 1.807) is 18.2 Å². The number of nitrogens with zero attached hydrogens (tertiary/aromatic N) is 5. The van der Waals surface area contributed by atoms with E-state index in [-0.39, 0.29) is 0 Å². The number of fused-ring (bicyclic) bond motifs is 1. The van der Waals surface area contributed by atoms with E-state index in [1.165, 1.54) is 4.80 Å². The van der Waals surface area contributed by atoms with Gasteiger partial charge in [0.1, 0.15) is 28.5 Å². The smallest absolute Gasteiger partial charge is 0.140 e. The molecular formula is C12H10ClN5O2. The molecule has 8 heteroatoms. The Hall–Kier alpha value is -2.41. The highest BCUT2D eigenvalue weighted by atomic mass is 35.5. The van der Waals surface area contributed by atoms with Gasteiger partial charge in [-0.25, -0.2) is 0 Å². The number of rotatable bonds is 1. The molecule has 0 fully saturated rings. The van der Waals surface area contributed by atoms with Crippen molar-refractivity contribution in [3.63, 3.8) is 0 Å². The molecule has 0 amide bonds. The van der Waals surface area contributed by atoms with Crippen molar-refractivity contribution >= 4 is 23.0 Å². The van der Waals surface area contributed by atoms with Crippen molar-refractivity contribution in [2.24, 2.45) is 10.3 Å². The third kappa shape index (κ3) is 1.92. The summed E-state index contributed by atoms with van der Waals surface area (Å²) in [5, 5.41) is 33.5. The molecule has 0 unspecified atom stereocenters. The van der Waals surface area contributed by atoms with Crippen molar-refractivity contribution < 1.29 is 10.4 Å². The van der Waals surface area contributed by atoms with E-state index in [2.05, 4.69) is 20.5 Å². The van der Waals surface area contributed by atoms with Crippen LogP contribution in [0.3, 0.4) is 0 Å². The highest BCUT2D eigenvalue weighted by Gasteiger charge is 2.28. The molecule has 3 rings (SSSR count). The van der Waals surface area contributed by atoms with Crippen molar-refractivity contribution in [3.05, 3.63) is 40.7 Å². The van der Waals surface area contributed by atoms with Crippen LogP contribution in [-0.4, -0.2) is 36.8 Å². The van der Waals surface area contributed by atoms with Crippen molar-refractivity contribution in [3.8, 4) is 5.69 Å². The molecule has 0 aliphatic heterocycles. The van der Waals surface area contributed by atoms with Crippen molar-refractivity contribution in [2.45, 2.75) is 12.8 Å². The average molecular weight is 292 g/mol. The standard InChI is InChI=1S/C12H10ClN5O2/c13-7-3-1-2-4-10(7)18-14-11-8(16-19)5-6-9(17-20)12(11)15-18/h1-4,19-20H,5-6H2/b16-8-,17-9-. The van der Waals surface area contributed by atoms with E-state index in [1.807, 2.05) is 6.07 Å². The predicted octanol–water partition coefficient (Wildman–Crippen LogP) is 2.07. The number of hydrogen-bond acceptors (Lipinski definition) is 6. The highest BCUT2D eigenvalue weighted by Crippen LogP contribution is 2.23. The summed E-state index contributed by atoms with van der Waals surface area (Å²) in [6.45, 7) is 0. The summed E-state index contributed by atoms with van der Waals surface area (Å²) >= 11 is 6.10. The Morgan fingerprint density at radius 3 is 2.05 bits per heavy atom. The van der Waals surface area contributed by atoms with Crippen LogP contribution in [-0.2, 0) is 0 Å². The van der Waals surface area contributed by atoms with Gasteiger partial charge in [-0.05, 0) is 12.1 Å². The molecule has 0 saturated carbocycles. The molecule has 1 aliphatic carbocycles. The van der Waals surface area contributed by atoms with Crippen LogP contribution in [0.1, 0.15) is 24.2 Å². The molecular weight excluding hydrogens is 282 g/mol. The van der Waals surface area contributed by atoms with Crippen LogP contribution in [0, 0.1) is 0 Å². The number of halogens is 1. The lowest BCUT2D eigenvalue weighted by Gasteiger charge is -2.09. The molecule has 7 nitrogen and oxygen atoms in total. The third-order valence-electron chi connectivity index (χ3n) is 3.07. The average Bonchev–Trinajstić information content (AvgIpc) is 2.91. The zero-order valence-electron chi connectivity index (χ0n) is 10.2. The number of aromatic nitrogens is 3. The first-order valence-corrected chi connectivity index (χ1v) is 6.27. The molecule has 102 valence electrons. The largest absolute Gasteiger partial charge is 0.411 e. The monoisotopic (exact) mass is 291 g/mol. The van der Waals surface area contributed by atoms with Gasteiger partial charge in [0.15, 0.2) is 0 Å². The minimum absolute atomic E-state index is 0.395. The second-order valence-corrected chi connectivity index (χ2v) is 4.64. The maximum atomic E-state index is 9.01. The van der Waals surface area contributed by atoms with Crippen molar-refractivity contribution in [1.82, 2.24) is 15.0 Å². The minimum atomic E-state index is 0.395. The summed E-state index contributed by atoms with van der Waals surface area (Å²) in [6.07, 6.45) is 0.869. The van der Waals surface area contributed by atoms with Gasteiger partial charge >= 0.3 is 0 Å². The van der Waals surface area contributed by atoms with Gasteiger partial charge in [-0.2, -0.15) is 0 Å². The van der Waals surface area contributed by atoms with E-state index in [0.29, 0.717) is 46.4 Å². The SMILES string of the molecule is O/N=C1/CC/C(=N/O)c2nn(-c3ccccc3Cl)nc21. The molecule has 2 aromatic rings. The lowest BCUT2D eigenvalue weighted by molar-refractivity contribution is 0.315. The zero-order valence-corrected chi connectivity index (χ0v) is 11.0. The lowest BCUT2D eigenvalue weighted by atomic mass is 9.97.